The van der Waals surface area contributed by atoms with Crippen LogP contribution in [0.15, 0.2) is 66.7 Å². The van der Waals surface area contributed by atoms with Crippen molar-refractivity contribution in [2.75, 3.05) is 24.9 Å². The van der Waals surface area contributed by atoms with Crippen LogP contribution in [0.1, 0.15) is 22.8 Å². The van der Waals surface area contributed by atoms with E-state index in [2.05, 4.69) is 10.6 Å². The van der Waals surface area contributed by atoms with Crippen molar-refractivity contribution >= 4 is 29.2 Å². The standard InChI is InChI=1S/C25H24N2O6/c1-16(28)33-21-9-4-6-18(14-21)25(30)27-20-8-5-7-19(15-20)26-24(29)13-17-10-11-22(31-2)23(12-17)32-3/h4-12,14-15H,13H2,1-3H3,(H,26,29)(H,27,30). The van der Waals surface area contributed by atoms with Gasteiger partial charge >= 0.3 is 5.97 Å². The fraction of sp³-hybridized carbons (Fsp3) is 0.160. The van der Waals surface area contributed by atoms with E-state index in [1.165, 1.54) is 20.1 Å². The number of amides is 2. The third kappa shape index (κ3) is 6.57. The molecule has 0 atom stereocenters. The zero-order valence-corrected chi connectivity index (χ0v) is 18.5. The number of hydrogen-bond donors (Lipinski definition) is 2. The van der Waals surface area contributed by atoms with Crippen LogP contribution in [-0.4, -0.2) is 32.0 Å². The van der Waals surface area contributed by atoms with Gasteiger partial charge in [0.25, 0.3) is 5.91 Å². The third-order valence-electron chi connectivity index (χ3n) is 4.57. The summed E-state index contributed by atoms with van der Waals surface area (Å²) in [5, 5.41) is 5.59. The molecule has 0 aliphatic rings. The average molecular weight is 448 g/mol. The number of carbonyl (C=O) groups excluding carboxylic acids is 3. The monoisotopic (exact) mass is 448 g/mol. The Morgan fingerprint density at radius 3 is 2.18 bits per heavy atom. The van der Waals surface area contributed by atoms with Gasteiger partial charge in [0.1, 0.15) is 5.75 Å². The van der Waals surface area contributed by atoms with E-state index in [0.717, 1.165) is 5.56 Å². The van der Waals surface area contributed by atoms with Crippen LogP contribution in [0.4, 0.5) is 11.4 Å². The molecule has 0 fully saturated rings. The predicted octanol–water partition coefficient (Wildman–Crippen LogP) is 4.06. The van der Waals surface area contributed by atoms with Crippen LogP contribution >= 0.6 is 0 Å². The first-order valence-corrected chi connectivity index (χ1v) is 10.1. The molecule has 0 unspecified atom stereocenters. The van der Waals surface area contributed by atoms with Gasteiger partial charge in [-0.2, -0.15) is 0 Å². The zero-order chi connectivity index (χ0) is 23.8. The summed E-state index contributed by atoms with van der Waals surface area (Å²) < 4.78 is 15.5. The first-order valence-electron chi connectivity index (χ1n) is 10.1. The molecule has 0 heterocycles. The van der Waals surface area contributed by atoms with Gasteiger partial charge in [-0.25, -0.2) is 0 Å². The van der Waals surface area contributed by atoms with Gasteiger partial charge in [0, 0.05) is 23.9 Å². The predicted molar refractivity (Wildman–Crippen MR) is 124 cm³/mol. The highest BCUT2D eigenvalue weighted by atomic mass is 16.5. The topological polar surface area (TPSA) is 103 Å². The SMILES string of the molecule is COc1ccc(CC(=O)Nc2cccc(NC(=O)c3cccc(OC(C)=O)c3)c2)cc1OC. The van der Waals surface area contributed by atoms with Crippen molar-refractivity contribution in [2.45, 2.75) is 13.3 Å². The maximum atomic E-state index is 12.6. The Bertz CT molecular complexity index is 1180. The molecule has 0 aromatic heterocycles. The Kier molecular flexibility index (Phi) is 7.64. The van der Waals surface area contributed by atoms with Crippen LogP contribution in [-0.2, 0) is 16.0 Å². The van der Waals surface area contributed by atoms with E-state index in [1.807, 2.05) is 0 Å². The molecule has 0 saturated heterocycles. The molecule has 2 N–H and O–H groups in total. The Morgan fingerprint density at radius 1 is 0.788 bits per heavy atom. The van der Waals surface area contributed by atoms with Crippen LogP contribution in [0, 0.1) is 0 Å². The van der Waals surface area contributed by atoms with Crippen molar-refractivity contribution in [3.05, 3.63) is 77.9 Å². The summed E-state index contributed by atoms with van der Waals surface area (Å²) in [5.41, 5.74) is 2.13. The zero-order valence-electron chi connectivity index (χ0n) is 18.5. The first kappa shape index (κ1) is 23.3. The normalized spacial score (nSPS) is 10.2. The first-order chi connectivity index (χ1) is 15.9. The van der Waals surface area contributed by atoms with Gasteiger partial charge in [0.05, 0.1) is 20.6 Å². The van der Waals surface area contributed by atoms with Crippen molar-refractivity contribution < 1.29 is 28.6 Å². The van der Waals surface area contributed by atoms with Gasteiger partial charge in [0.15, 0.2) is 11.5 Å². The van der Waals surface area contributed by atoms with Crippen LogP contribution < -0.4 is 24.8 Å². The number of benzene rings is 3. The van der Waals surface area contributed by atoms with Crippen molar-refractivity contribution in [3.8, 4) is 17.2 Å². The minimum absolute atomic E-state index is 0.139. The molecule has 0 aliphatic heterocycles. The Morgan fingerprint density at radius 2 is 1.48 bits per heavy atom. The maximum Gasteiger partial charge on any atom is 0.308 e. The fourth-order valence-electron chi connectivity index (χ4n) is 3.13. The second-order valence-electron chi connectivity index (χ2n) is 7.07. The van der Waals surface area contributed by atoms with Crippen LogP contribution in [0.2, 0.25) is 0 Å². The summed E-state index contributed by atoms with van der Waals surface area (Å²) in [4.78, 5) is 36.2. The summed E-state index contributed by atoms with van der Waals surface area (Å²) in [6.45, 7) is 1.29. The highest BCUT2D eigenvalue weighted by Gasteiger charge is 2.11. The number of esters is 1. The summed E-state index contributed by atoms with van der Waals surface area (Å²) in [7, 11) is 3.08. The number of rotatable bonds is 8. The van der Waals surface area contributed by atoms with Crippen LogP contribution in [0.3, 0.4) is 0 Å². The highest BCUT2D eigenvalue weighted by molar-refractivity contribution is 6.05. The van der Waals surface area contributed by atoms with E-state index in [0.29, 0.717) is 28.4 Å². The van der Waals surface area contributed by atoms with Crippen molar-refractivity contribution in [2.24, 2.45) is 0 Å². The molecule has 2 amide bonds. The number of carbonyl (C=O) groups is 3. The number of methoxy groups -OCH3 is 2. The average Bonchev–Trinajstić information content (AvgIpc) is 2.78. The van der Waals surface area contributed by atoms with Crippen LogP contribution in [0.25, 0.3) is 0 Å². The Balaban J connectivity index is 1.64. The molecule has 0 aliphatic carbocycles. The summed E-state index contributed by atoms with van der Waals surface area (Å²) in [5.74, 6) is 0.349. The Labute approximate surface area is 191 Å². The van der Waals surface area contributed by atoms with Gasteiger partial charge in [-0.05, 0) is 54.1 Å². The van der Waals surface area contributed by atoms with E-state index in [9.17, 15) is 14.4 Å². The number of anilines is 2. The summed E-state index contributed by atoms with van der Waals surface area (Å²) in [6, 6.07) is 18.4. The Hall–Kier alpha value is -4.33. The van der Waals surface area contributed by atoms with Gasteiger partial charge < -0.3 is 24.8 Å². The second kappa shape index (κ2) is 10.8. The number of nitrogens with one attached hydrogen (secondary N) is 2. The third-order valence-corrected chi connectivity index (χ3v) is 4.57. The van der Waals surface area contributed by atoms with Crippen molar-refractivity contribution in [1.82, 2.24) is 0 Å². The lowest BCUT2D eigenvalue weighted by Gasteiger charge is -2.11. The largest absolute Gasteiger partial charge is 0.493 e. The van der Waals surface area contributed by atoms with Gasteiger partial charge in [-0.1, -0.05) is 18.2 Å². The van der Waals surface area contributed by atoms with Gasteiger partial charge in [0.2, 0.25) is 5.91 Å². The van der Waals surface area contributed by atoms with E-state index in [-0.39, 0.29) is 24.0 Å². The minimum atomic E-state index is -0.468. The van der Waals surface area contributed by atoms with Gasteiger partial charge in [-0.15, -0.1) is 0 Å². The summed E-state index contributed by atoms with van der Waals surface area (Å²) in [6.07, 6.45) is 0.139. The lowest BCUT2D eigenvalue weighted by Crippen LogP contribution is -2.15. The summed E-state index contributed by atoms with van der Waals surface area (Å²) >= 11 is 0. The lowest BCUT2D eigenvalue weighted by atomic mass is 10.1. The maximum absolute atomic E-state index is 12.6. The van der Waals surface area contributed by atoms with E-state index >= 15 is 0 Å². The van der Waals surface area contributed by atoms with E-state index in [4.69, 9.17) is 14.2 Å². The van der Waals surface area contributed by atoms with E-state index in [1.54, 1.807) is 67.8 Å². The highest BCUT2D eigenvalue weighted by Crippen LogP contribution is 2.28. The van der Waals surface area contributed by atoms with Crippen molar-refractivity contribution in [1.29, 1.82) is 0 Å². The molecular formula is C25H24N2O6. The van der Waals surface area contributed by atoms with Gasteiger partial charge in [-0.3, -0.25) is 14.4 Å². The molecule has 3 aromatic carbocycles. The molecule has 170 valence electrons. The molecule has 33 heavy (non-hydrogen) atoms. The number of hydrogen-bond acceptors (Lipinski definition) is 6. The molecule has 0 bridgehead atoms. The smallest absolute Gasteiger partial charge is 0.308 e. The molecule has 8 nitrogen and oxygen atoms in total. The second-order valence-corrected chi connectivity index (χ2v) is 7.07. The molecule has 8 heteroatoms. The molecule has 0 radical (unpaired) electrons. The molecule has 3 rings (SSSR count). The fourth-order valence-corrected chi connectivity index (χ4v) is 3.13. The molecule has 3 aromatic rings. The molecule has 0 saturated carbocycles. The lowest BCUT2D eigenvalue weighted by molar-refractivity contribution is -0.131. The quantitative estimate of drug-likeness (QED) is 0.398. The van der Waals surface area contributed by atoms with Crippen LogP contribution in [0.5, 0.6) is 17.2 Å². The molecular weight excluding hydrogens is 424 g/mol. The van der Waals surface area contributed by atoms with Crippen molar-refractivity contribution in [3.63, 3.8) is 0 Å². The molecule has 0 spiro atoms. The number of ether oxygens (including phenoxy) is 3. The van der Waals surface area contributed by atoms with E-state index < -0.39 is 5.97 Å². The minimum Gasteiger partial charge on any atom is -0.493 e.